The number of rotatable bonds is 4. The number of ether oxygens (including phenoxy) is 1. The van der Waals surface area contributed by atoms with Crippen molar-refractivity contribution in [2.75, 3.05) is 6.61 Å². The summed E-state index contributed by atoms with van der Waals surface area (Å²) >= 11 is 0. The van der Waals surface area contributed by atoms with Crippen molar-refractivity contribution in [2.45, 2.75) is 6.92 Å². The van der Waals surface area contributed by atoms with Gasteiger partial charge in [0.2, 0.25) is 5.82 Å². The molecule has 0 aliphatic carbocycles. The summed E-state index contributed by atoms with van der Waals surface area (Å²) in [5.74, 6) is 0.589. The molecule has 0 aliphatic rings. The van der Waals surface area contributed by atoms with Crippen LogP contribution in [0.3, 0.4) is 0 Å². The van der Waals surface area contributed by atoms with E-state index in [-0.39, 0.29) is 0 Å². The van der Waals surface area contributed by atoms with Gasteiger partial charge in [0.05, 0.1) is 12.9 Å². The maximum Gasteiger partial charge on any atom is 0.204 e. The zero-order chi connectivity index (χ0) is 11.2. The minimum atomic E-state index is 0.589. The van der Waals surface area contributed by atoms with Gasteiger partial charge in [-0.15, -0.1) is 10.2 Å². The Morgan fingerprint density at radius 1 is 1.44 bits per heavy atom. The van der Waals surface area contributed by atoms with Crippen LogP contribution in [0.5, 0.6) is 0 Å². The monoisotopic (exact) mass is 216 g/mol. The Labute approximate surface area is 93.1 Å². The Bertz CT molecular complexity index is 465. The lowest BCUT2D eigenvalue weighted by Crippen LogP contribution is -1.82. The molecular weight excluding hydrogens is 204 g/mol. The lowest BCUT2D eigenvalue weighted by molar-refractivity contribution is 0.272. The molecule has 16 heavy (non-hydrogen) atoms. The van der Waals surface area contributed by atoms with Gasteiger partial charge in [-0.2, -0.15) is 5.21 Å². The van der Waals surface area contributed by atoms with Gasteiger partial charge in [0.15, 0.2) is 0 Å². The number of hydrogen-bond acceptors (Lipinski definition) is 4. The Hall–Kier alpha value is -2.17. The molecule has 1 aromatic carbocycles. The maximum absolute atomic E-state index is 5.14. The van der Waals surface area contributed by atoms with Gasteiger partial charge < -0.3 is 4.74 Å². The number of nitrogens with one attached hydrogen (secondary N) is 1. The molecule has 0 bridgehead atoms. The van der Waals surface area contributed by atoms with Crippen LogP contribution in [0.25, 0.3) is 17.5 Å². The van der Waals surface area contributed by atoms with Crippen molar-refractivity contribution in [3.8, 4) is 11.4 Å². The van der Waals surface area contributed by atoms with Crippen LogP contribution >= 0.6 is 0 Å². The van der Waals surface area contributed by atoms with Gasteiger partial charge in [0.1, 0.15) is 0 Å². The van der Waals surface area contributed by atoms with Crippen molar-refractivity contribution in [1.82, 2.24) is 20.6 Å². The summed E-state index contributed by atoms with van der Waals surface area (Å²) in [6, 6.07) is 7.83. The van der Waals surface area contributed by atoms with Gasteiger partial charge in [-0.25, -0.2) is 0 Å². The highest BCUT2D eigenvalue weighted by molar-refractivity contribution is 5.61. The number of hydrogen-bond donors (Lipinski definition) is 1. The summed E-state index contributed by atoms with van der Waals surface area (Å²) in [5.41, 5.74) is 1.96. The van der Waals surface area contributed by atoms with Crippen molar-refractivity contribution < 1.29 is 4.74 Å². The molecule has 0 fully saturated rings. The molecule has 0 radical (unpaired) electrons. The van der Waals surface area contributed by atoms with Gasteiger partial charge in [0.25, 0.3) is 0 Å². The van der Waals surface area contributed by atoms with E-state index in [2.05, 4.69) is 20.6 Å². The Balaban J connectivity index is 2.20. The first-order chi connectivity index (χ1) is 7.90. The lowest BCUT2D eigenvalue weighted by Gasteiger charge is -1.97. The molecule has 2 aromatic rings. The smallest absolute Gasteiger partial charge is 0.204 e. The second kappa shape index (κ2) is 5.06. The Morgan fingerprint density at radius 3 is 3.12 bits per heavy atom. The quantitative estimate of drug-likeness (QED) is 0.792. The molecule has 0 spiro atoms. The van der Waals surface area contributed by atoms with Crippen LogP contribution in [0.2, 0.25) is 0 Å². The first kappa shape index (κ1) is 10.4. The maximum atomic E-state index is 5.14. The summed E-state index contributed by atoms with van der Waals surface area (Å²) in [6.45, 7) is 2.61. The zero-order valence-corrected chi connectivity index (χ0v) is 8.92. The predicted octanol–water partition coefficient (Wildman–Crippen LogP) is 1.87. The van der Waals surface area contributed by atoms with E-state index in [0.29, 0.717) is 12.4 Å². The Morgan fingerprint density at radius 2 is 2.38 bits per heavy atom. The molecule has 82 valence electrons. The normalized spacial score (nSPS) is 10.8. The summed E-state index contributed by atoms with van der Waals surface area (Å²) in [5, 5.41) is 13.8. The highest BCUT2D eigenvalue weighted by Crippen LogP contribution is 2.15. The highest BCUT2D eigenvalue weighted by atomic mass is 16.5. The molecule has 1 aromatic heterocycles. The molecule has 2 rings (SSSR count). The lowest BCUT2D eigenvalue weighted by atomic mass is 10.1. The van der Waals surface area contributed by atoms with Gasteiger partial charge in [0, 0.05) is 5.56 Å². The van der Waals surface area contributed by atoms with Crippen molar-refractivity contribution in [3.05, 3.63) is 36.1 Å². The van der Waals surface area contributed by atoms with E-state index in [4.69, 9.17) is 4.74 Å². The molecule has 0 aliphatic heterocycles. The highest BCUT2D eigenvalue weighted by Gasteiger charge is 2.01. The minimum Gasteiger partial charge on any atom is -0.501 e. The molecular formula is C11H12N4O. The predicted molar refractivity (Wildman–Crippen MR) is 60.3 cm³/mol. The van der Waals surface area contributed by atoms with Crippen molar-refractivity contribution in [1.29, 1.82) is 0 Å². The number of H-pyrrole nitrogens is 1. The van der Waals surface area contributed by atoms with Gasteiger partial charge in [-0.1, -0.05) is 18.2 Å². The third-order valence-corrected chi connectivity index (χ3v) is 2.01. The van der Waals surface area contributed by atoms with E-state index in [1.807, 2.05) is 37.3 Å². The van der Waals surface area contributed by atoms with E-state index in [1.54, 1.807) is 6.26 Å². The number of tetrazole rings is 1. The Kier molecular flexibility index (Phi) is 3.28. The number of benzene rings is 1. The molecule has 0 unspecified atom stereocenters. The van der Waals surface area contributed by atoms with Crippen LogP contribution in [-0.4, -0.2) is 27.2 Å². The molecule has 0 atom stereocenters. The van der Waals surface area contributed by atoms with Crippen LogP contribution < -0.4 is 0 Å². The molecule has 0 amide bonds. The van der Waals surface area contributed by atoms with Gasteiger partial charge in [-0.05, 0) is 29.8 Å². The fourth-order valence-corrected chi connectivity index (χ4v) is 1.29. The van der Waals surface area contributed by atoms with E-state index in [1.165, 1.54) is 0 Å². The SMILES string of the molecule is CCO/C=C/c1cccc(-c2nn[nH]n2)c1. The van der Waals surface area contributed by atoms with Crippen LogP contribution in [0.1, 0.15) is 12.5 Å². The third kappa shape index (κ3) is 2.44. The number of nitrogens with zero attached hydrogens (tertiary/aromatic N) is 3. The first-order valence-electron chi connectivity index (χ1n) is 5.02. The molecule has 0 saturated heterocycles. The molecule has 5 nitrogen and oxygen atoms in total. The average Bonchev–Trinajstić information content (AvgIpc) is 2.83. The van der Waals surface area contributed by atoms with E-state index in [9.17, 15) is 0 Å². The molecule has 1 heterocycles. The summed E-state index contributed by atoms with van der Waals surface area (Å²) in [4.78, 5) is 0. The summed E-state index contributed by atoms with van der Waals surface area (Å²) in [7, 11) is 0. The standard InChI is InChI=1S/C11H12N4O/c1-2-16-7-6-9-4-3-5-10(8-9)11-12-14-15-13-11/h3-8H,2H2,1H3,(H,12,13,14,15)/b7-6+. The summed E-state index contributed by atoms with van der Waals surface area (Å²) < 4.78 is 5.14. The summed E-state index contributed by atoms with van der Waals surface area (Å²) in [6.07, 6.45) is 3.57. The average molecular weight is 216 g/mol. The largest absolute Gasteiger partial charge is 0.501 e. The van der Waals surface area contributed by atoms with E-state index in [0.717, 1.165) is 11.1 Å². The van der Waals surface area contributed by atoms with Crippen molar-refractivity contribution >= 4 is 6.08 Å². The number of aromatic nitrogens is 4. The fraction of sp³-hybridized carbons (Fsp3) is 0.182. The second-order valence-corrected chi connectivity index (χ2v) is 3.12. The van der Waals surface area contributed by atoms with Gasteiger partial charge >= 0.3 is 0 Å². The van der Waals surface area contributed by atoms with E-state index >= 15 is 0 Å². The van der Waals surface area contributed by atoms with Crippen molar-refractivity contribution in [2.24, 2.45) is 0 Å². The van der Waals surface area contributed by atoms with Crippen LogP contribution in [-0.2, 0) is 4.74 Å². The molecule has 0 saturated carbocycles. The second-order valence-electron chi connectivity index (χ2n) is 3.12. The van der Waals surface area contributed by atoms with Crippen LogP contribution in [0.15, 0.2) is 30.5 Å². The first-order valence-corrected chi connectivity index (χ1v) is 5.02. The number of aromatic amines is 1. The van der Waals surface area contributed by atoms with Crippen LogP contribution in [0, 0.1) is 0 Å². The zero-order valence-electron chi connectivity index (χ0n) is 8.92. The third-order valence-electron chi connectivity index (χ3n) is 2.01. The topological polar surface area (TPSA) is 63.7 Å². The van der Waals surface area contributed by atoms with Crippen molar-refractivity contribution in [3.63, 3.8) is 0 Å². The minimum absolute atomic E-state index is 0.589. The van der Waals surface area contributed by atoms with E-state index < -0.39 is 0 Å². The van der Waals surface area contributed by atoms with Crippen LogP contribution in [0.4, 0.5) is 0 Å². The van der Waals surface area contributed by atoms with Gasteiger partial charge in [-0.3, -0.25) is 0 Å². The fourth-order valence-electron chi connectivity index (χ4n) is 1.29. The molecule has 5 heteroatoms. The molecule has 1 N–H and O–H groups in total.